The number of nitrogens with one attached hydrogen (secondary N) is 1. The molecule has 0 aliphatic heterocycles. The second-order valence-electron chi connectivity index (χ2n) is 12.5. The molecule has 0 heterocycles. The molecule has 2 N–H and O–H groups in total. The highest BCUT2D eigenvalue weighted by molar-refractivity contribution is 7.83. The number of fused-ring (bicyclic) bond motifs is 5. The summed E-state index contributed by atoms with van der Waals surface area (Å²) >= 11 is 0. The molecule has 0 aromatic heterocycles. The van der Waals surface area contributed by atoms with E-state index in [-0.39, 0.29) is 0 Å². The van der Waals surface area contributed by atoms with Crippen molar-refractivity contribution in [2.24, 2.45) is 40.4 Å². The molecule has 4 aliphatic rings. The molecule has 0 radical (unpaired) electrons. The average molecular weight is 458 g/mol. The first-order chi connectivity index (χ1) is 15.2. The van der Waals surface area contributed by atoms with Gasteiger partial charge >= 0.3 is 0 Å². The van der Waals surface area contributed by atoms with Crippen LogP contribution in [0.15, 0.2) is 35.2 Å². The van der Waals surface area contributed by atoms with E-state index in [1.165, 1.54) is 51.4 Å². The van der Waals surface area contributed by atoms with E-state index in [0.29, 0.717) is 16.7 Å². The fourth-order valence-corrected chi connectivity index (χ4v) is 10.0. The van der Waals surface area contributed by atoms with Crippen LogP contribution >= 0.6 is 0 Å². The average Bonchev–Trinajstić information content (AvgIpc) is 2.76. The van der Waals surface area contributed by atoms with Gasteiger partial charge in [0.05, 0.1) is 10.5 Å². The summed E-state index contributed by atoms with van der Waals surface area (Å²) < 4.78 is 16.2. The molecule has 0 bridgehead atoms. The topological polar surface area (TPSA) is 49.3 Å². The molecule has 5 rings (SSSR count). The van der Waals surface area contributed by atoms with Gasteiger partial charge in [-0.15, -0.1) is 0 Å². The Morgan fingerprint density at radius 3 is 2.44 bits per heavy atom. The molecule has 1 aromatic rings. The van der Waals surface area contributed by atoms with Crippen molar-refractivity contribution in [2.45, 2.75) is 95.5 Å². The van der Waals surface area contributed by atoms with Crippen molar-refractivity contribution in [3.8, 4) is 0 Å². The second kappa shape index (κ2) is 8.50. The minimum atomic E-state index is -1.12. The summed E-state index contributed by atoms with van der Waals surface area (Å²) in [7, 11) is -1.12. The van der Waals surface area contributed by atoms with Gasteiger partial charge in [-0.1, -0.05) is 38.5 Å². The van der Waals surface area contributed by atoms with E-state index in [1.54, 1.807) is 0 Å². The number of hydrogen-bond donors (Lipinski definition) is 2. The van der Waals surface area contributed by atoms with Crippen LogP contribution in [0.2, 0.25) is 0 Å². The van der Waals surface area contributed by atoms with Crippen molar-refractivity contribution in [1.82, 2.24) is 4.72 Å². The molecule has 4 fully saturated rings. The van der Waals surface area contributed by atoms with E-state index in [1.807, 2.05) is 30.3 Å². The molecule has 178 valence electrons. The lowest BCUT2D eigenvalue weighted by Gasteiger charge is -2.63. The van der Waals surface area contributed by atoms with Crippen molar-refractivity contribution >= 4 is 11.0 Å². The predicted octanol–water partition coefficient (Wildman–Crippen LogP) is 6.10. The van der Waals surface area contributed by atoms with E-state index < -0.39 is 16.6 Å². The second-order valence-corrected chi connectivity index (χ2v) is 13.8. The van der Waals surface area contributed by atoms with Crippen LogP contribution in [0.4, 0.5) is 0 Å². The van der Waals surface area contributed by atoms with E-state index in [0.717, 1.165) is 48.0 Å². The first-order valence-electron chi connectivity index (χ1n) is 13.1. The summed E-state index contributed by atoms with van der Waals surface area (Å²) in [6.07, 6.45) is 12.5. The summed E-state index contributed by atoms with van der Waals surface area (Å²) in [5, 5.41) is 10.8. The van der Waals surface area contributed by atoms with Crippen LogP contribution in [-0.4, -0.2) is 21.5 Å². The lowest BCUT2D eigenvalue weighted by atomic mass is 9.42. The number of rotatable bonds is 4. The van der Waals surface area contributed by atoms with E-state index in [2.05, 4.69) is 25.5 Å². The van der Waals surface area contributed by atoms with Gasteiger partial charge in [0.1, 0.15) is 11.0 Å². The Balaban J connectivity index is 1.30. The lowest BCUT2D eigenvalue weighted by molar-refractivity contribution is -0.155. The minimum absolute atomic E-state index is 0.332. The molecule has 9 atom stereocenters. The Bertz CT molecular complexity index is 841. The third kappa shape index (κ3) is 4.03. The smallest absolute Gasteiger partial charge is 0.124 e. The molecule has 0 amide bonds. The highest BCUT2D eigenvalue weighted by atomic mass is 32.2. The Morgan fingerprint density at radius 1 is 0.938 bits per heavy atom. The lowest BCUT2D eigenvalue weighted by Crippen LogP contribution is -2.57. The Morgan fingerprint density at radius 2 is 1.66 bits per heavy atom. The predicted molar refractivity (Wildman–Crippen MR) is 131 cm³/mol. The molecule has 4 saturated carbocycles. The number of hydrogen-bond acceptors (Lipinski definition) is 2. The molecule has 3 nitrogen and oxygen atoms in total. The number of benzene rings is 1. The fraction of sp³-hybridized carbons (Fsp3) is 0.786. The third-order valence-corrected chi connectivity index (χ3v) is 11.7. The van der Waals surface area contributed by atoms with E-state index in [4.69, 9.17) is 0 Å². The normalized spacial score (nSPS) is 47.1. The van der Waals surface area contributed by atoms with Gasteiger partial charge in [0.25, 0.3) is 0 Å². The van der Waals surface area contributed by atoms with Crippen LogP contribution in [-0.2, 0) is 11.0 Å². The molecule has 0 spiro atoms. The maximum atomic E-state index is 12.8. The van der Waals surface area contributed by atoms with Gasteiger partial charge in [-0.05, 0) is 117 Å². The largest absolute Gasteiger partial charge is 0.390 e. The van der Waals surface area contributed by atoms with Gasteiger partial charge in [0.15, 0.2) is 0 Å². The van der Waals surface area contributed by atoms with Crippen molar-refractivity contribution in [3.05, 3.63) is 30.3 Å². The summed E-state index contributed by atoms with van der Waals surface area (Å²) in [5.74, 6) is 3.95. The third-order valence-electron chi connectivity index (χ3n) is 10.6. The van der Waals surface area contributed by atoms with Gasteiger partial charge in [0.2, 0.25) is 0 Å². The van der Waals surface area contributed by atoms with Gasteiger partial charge in [0, 0.05) is 6.54 Å². The zero-order valence-corrected chi connectivity index (χ0v) is 21.1. The van der Waals surface area contributed by atoms with Gasteiger partial charge in [-0.3, -0.25) is 0 Å². The van der Waals surface area contributed by atoms with Crippen LogP contribution < -0.4 is 4.72 Å². The Hall–Kier alpha value is -0.710. The van der Waals surface area contributed by atoms with E-state index in [9.17, 15) is 9.32 Å². The van der Waals surface area contributed by atoms with Crippen LogP contribution in [0.5, 0.6) is 0 Å². The zero-order valence-electron chi connectivity index (χ0n) is 20.3. The number of aliphatic hydroxyl groups is 1. The van der Waals surface area contributed by atoms with Gasteiger partial charge in [-0.2, -0.15) is 0 Å². The minimum Gasteiger partial charge on any atom is -0.390 e. The van der Waals surface area contributed by atoms with Crippen molar-refractivity contribution < 1.29 is 9.32 Å². The first kappa shape index (κ1) is 23.1. The van der Waals surface area contributed by atoms with Crippen LogP contribution in [0.3, 0.4) is 0 Å². The van der Waals surface area contributed by atoms with Crippen LogP contribution in [0.25, 0.3) is 0 Å². The molecular weight excluding hydrogens is 414 g/mol. The maximum absolute atomic E-state index is 12.8. The van der Waals surface area contributed by atoms with Crippen LogP contribution in [0.1, 0.15) is 85.0 Å². The molecule has 4 aliphatic carbocycles. The summed E-state index contributed by atoms with van der Waals surface area (Å²) in [6.45, 7) is 8.00. The Labute approximate surface area is 197 Å². The first-order valence-corrected chi connectivity index (χ1v) is 14.3. The highest BCUT2D eigenvalue weighted by Crippen LogP contribution is 2.66. The van der Waals surface area contributed by atoms with E-state index >= 15 is 0 Å². The molecular formula is C28H43NO2S. The standard InChI is InChI=1S/C28H43NO2S/c1-26-15-12-23-22(24(26)14-16-27(2,30)19-26)13-17-28(3)20(8-7-11-25(23)28)18-29-32(31)21-9-5-4-6-10-21/h4-6,9-10,20,22-25,29-30H,7-8,11-19H2,1-3H3/t20-,22?,23-,24-,25?,26-,27-,28-,32?/m1/s1. The Kier molecular flexibility index (Phi) is 6.12. The van der Waals surface area contributed by atoms with Gasteiger partial charge in [-0.25, -0.2) is 8.93 Å². The maximum Gasteiger partial charge on any atom is 0.124 e. The molecule has 1 aromatic carbocycles. The molecule has 32 heavy (non-hydrogen) atoms. The fourth-order valence-electron chi connectivity index (χ4n) is 9.09. The summed E-state index contributed by atoms with van der Waals surface area (Å²) in [6, 6.07) is 9.83. The summed E-state index contributed by atoms with van der Waals surface area (Å²) in [5.41, 5.74) is 0.247. The SMILES string of the molecule is C[C@@]1(O)CC[C@@H]2C3CC[C@@]4(C)C(CCC[C@@H]4CNS(=O)c4ccccc4)[C@@H]3CC[C@]2(C)C1. The quantitative estimate of drug-likeness (QED) is 0.574. The van der Waals surface area contributed by atoms with Crippen molar-refractivity contribution in [1.29, 1.82) is 0 Å². The monoisotopic (exact) mass is 457 g/mol. The summed E-state index contributed by atoms with van der Waals surface area (Å²) in [4.78, 5) is 0.883. The molecule has 4 heteroatoms. The zero-order chi connectivity index (χ0) is 22.6. The molecule has 3 unspecified atom stereocenters. The highest BCUT2D eigenvalue weighted by Gasteiger charge is 2.58. The molecule has 0 saturated heterocycles. The van der Waals surface area contributed by atoms with Crippen molar-refractivity contribution in [2.75, 3.05) is 6.54 Å². The van der Waals surface area contributed by atoms with Crippen molar-refractivity contribution in [3.63, 3.8) is 0 Å². The van der Waals surface area contributed by atoms with Crippen LogP contribution in [0, 0.1) is 40.4 Å². The van der Waals surface area contributed by atoms with Gasteiger partial charge < -0.3 is 5.11 Å².